The molecular weight excluding hydrogens is 411 g/mol. The molecule has 11 heteroatoms. The van der Waals surface area contributed by atoms with Crippen LogP contribution < -0.4 is 17.2 Å². The van der Waals surface area contributed by atoms with Crippen LogP contribution in [0.15, 0.2) is 45.7 Å². The largest absolute Gasteiger partial charge is 0.401 e. The number of primary amides is 1. The van der Waals surface area contributed by atoms with E-state index in [0.29, 0.717) is 30.9 Å². The highest BCUT2D eigenvalue weighted by Crippen LogP contribution is 2.21. The van der Waals surface area contributed by atoms with Crippen LogP contribution >= 0.6 is 0 Å². The predicted octanol–water partition coefficient (Wildman–Crippen LogP) is 2.50. The molecule has 8 nitrogen and oxygen atoms in total. The molecule has 0 aromatic carbocycles. The maximum atomic E-state index is 11.7. The maximum Gasteiger partial charge on any atom is 0.401 e. The number of aryl methyl sites for hydroxylation is 1. The molecule has 0 radical (unpaired) electrons. The number of aromatic nitrogens is 1. The van der Waals surface area contributed by atoms with Gasteiger partial charge in [-0.05, 0) is 45.0 Å². The van der Waals surface area contributed by atoms with Crippen molar-refractivity contribution in [3.63, 3.8) is 0 Å². The van der Waals surface area contributed by atoms with Crippen molar-refractivity contribution in [2.75, 3.05) is 19.6 Å². The lowest BCUT2D eigenvalue weighted by Gasteiger charge is -2.16. The average molecular weight is 437 g/mol. The minimum absolute atomic E-state index is 0.161. The quantitative estimate of drug-likeness (QED) is 0.653. The zero-order chi connectivity index (χ0) is 23.0. The molecule has 0 aliphatic carbocycles. The van der Waals surface area contributed by atoms with Crippen molar-refractivity contribution >= 4 is 23.8 Å². The molecule has 0 saturated carbocycles. The lowest BCUT2D eigenvalue weighted by atomic mass is 10.0. The number of nitrogens with zero attached hydrogens (tertiary/aromatic N) is 4. The van der Waals surface area contributed by atoms with Crippen LogP contribution in [0, 0.1) is 6.92 Å². The number of urea groups is 1. The molecule has 2 aliphatic heterocycles. The molecule has 1 saturated heterocycles. The van der Waals surface area contributed by atoms with Crippen LogP contribution in [0.1, 0.15) is 30.5 Å². The summed E-state index contributed by atoms with van der Waals surface area (Å²) >= 11 is 0. The number of likely N-dealkylation sites (tertiary alicyclic amines) is 1. The normalized spacial score (nSPS) is 20.0. The molecule has 1 aromatic rings. The number of pyridine rings is 1. The Morgan fingerprint density at radius 2 is 1.94 bits per heavy atom. The van der Waals surface area contributed by atoms with E-state index >= 15 is 0 Å². The molecule has 1 fully saturated rings. The summed E-state index contributed by atoms with van der Waals surface area (Å²) in [5.41, 5.74) is 20.6. The third-order valence-electron chi connectivity index (χ3n) is 4.51. The zero-order valence-electron chi connectivity index (χ0n) is 17.2. The Morgan fingerprint density at radius 3 is 2.52 bits per heavy atom. The third-order valence-corrected chi connectivity index (χ3v) is 4.51. The van der Waals surface area contributed by atoms with Crippen LogP contribution in [0.2, 0.25) is 0 Å². The van der Waals surface area contributed by atoms with E-state index in [1.165, 1.54) is 11.0 Å². The van der Waals surface area contributed by atoms with E-state index in [4.69, 9.17) is 17.2 Å². The highest BCUT2D eigenvalue weighted by Gasteiger charge is 2.31. The number of halogens is 3. The molecule has 0 atom stereocenters. The molecule has 1 aromatic heterocycles. The Bertz CT molecular complexity index is 914. The second kappa shape index (κ2) is 10.7. The molecule has 6 N–H and O–H groups in total. The van der Waals surface area contributed by atoms with Gasteiger partial charge in [-0.2, -0.15) is 18.2 Å². The Kier molecular flexibility index (Phi) is 8.31. The van der Waals surface area contributed by atoms with Gasteiger partial charge in [0.1, 0.15) is 0 Å². The fourth-order valence-corrected chi connectivity index (χ4v) is 3.13. The first-order valence-electron chi connectivity index (χ1n) is 9.64. The number of amides is 2. The lowest BCUT2D eigenvalue weighted by molar-refractivity contribution is -0.143. The van der Waals surface area contributed by atoms with Crippen molar-refractivity contribution in [1.82, 2.24) is 9.88 Å². The summed E-state index contributed by atoms with van der Waals surface area (Å²) in [6.07, 6.45) is 3.01. The molecule has 2 amide bonds. The van der Waals surface area contributed by atoms with Crippen molar-refractivity contribution < 1.29 is 18.0 Å². The smallest absolute Gasteiger partial charge is 0.398 e. The van der Waals surface area contributed by atoms with Crippen LogP contribution in [0.5, 0.6) is 0 Å². The summed E-state index contributed by atoms with van der Waals surface area (Å²) in [5, 5.41) is 0. The monoisotopic (exact) mass is 437 g/mol. The van der Waals surface area contributed by atoms with E-state index in [1.54, 1.807) is 12.4 Å². The van der Waals surface area contributed by atoms with Crippen LogP contribution in [0.3, 0.4) is 0 Å². The molecule has 0 unspecified atom stereocenters. The molecular formula is C20H26F3N7O. The summed E-state index contributed by atoms with van der Waals surface area (Å²) in [7, 11) is 0. The second-order valence-electron chi connectivity index (χ2n) is 7.10. The van der Waals surface area contributed by atoms with E-state index < -0.39 is 18.8 Å². The van der Waals surface area contributed by atoms with E-state index in [0.717, 1.165) is 29.7 Å². The van der Waals surface area contributed by atoms with Crippen molar-refractivity contribution in [2.45, 2.75) is 32.4 Å². The zero-order valence-corrected chi connectivity index (χ0v) is 17.2. The van der Waals surface area contributed by atoms with E-state index in [1.807, 2.05) is 19.1 Å². The van der Waals surface area contributed by atoms with Crippen LogP contribution in [-0.2, 0) is 0 Å². The van der Waals surface area contributed by atoms with Gasteiger partial charge in [0, 0.05) is 53.1 Å². The number of hydrogen-bond acceptors (Lipinski definition) is 5. The summed E-state index contributed by atoms with van der Waals surface area (Å²) in [6, 6.07) is 2.86. The van der Waals surface area contributed by atoms with Crippen LogP contribution in [-0.4, -0.2) is 53.8 Å². The fraction of sp³-hybridized carbons (Fsp3) is 0.400. The first kappa shape index (κ1) is 24.1. The summed E-state index contributed by atoms with van der Waals surface area (Å²) in [4.78, 5) is 24.0. The molecule has 3 heterocycles. The first-order valence-corrected chi connectivity index (χ1v) is 9.64. The number of allylic oxidation sites excluding steroid dienone is 1. The van der Waals surface area contributed by atoms with Gasteiger partial charge in [-0.1, -0.05) is 0 Å². The lowest BCUT2D eigenvalue weighted by Crippen LogP contribution is -2.31. The van der Waals surface area contributed by atoms with Gasteiger partial charge in [0.2, 0.25) is 0 Å². The van der Waals surface area contributed by atoms with E-state index in [2.05, 4.69) is 15.0 Å². The Balaban J connectivity index is 0.000000285. The Hall–Kier alpha value is -3.21. The second-order valence-corrected chi connectivity index (χ2v) is 7.10. The van der Waals surface area contributed by atoms with E-state index in [9.17, 15) is 18.0 Å². The highest BCUT2D eigenvalue weighted by atomic mass is 19.4. The maximum absolute atomic E-state index is 11.7. The van der Waals surface area contributed by atoms with Gasteiger partial charge in [-0.3, -0.25) is 9.88 Å². The summed E-state index contributed by atoms with van der Waals surface area (Å²) < 4.78 is 35.0. The average Bonchev–Trinajstić information content (AvgIpc) is 3.08. The highest BCUT2D eigenvalue weighted by molar-refractivity contribution is 6.06. The van der Waals surface area contributed by atoms with Gasteiger partial charge in [0.15, 0.2) is 5.84 Å². The molecule has 0 spiro atoms. The van der Waals surface area contributed by atoms with Crippen LogP contribution in [0.25, 0.3) is 5.70 Å². The number of nitrogens with two attached hydrogens (primary N) is 3. The summed E-state index contributed by atoms with van der Waals surface area (Å²) in [6.45, 7) is 2.37. The predicted molar refractivity (Wildman–Crippen MR) is 114 cm³/mol. The van der Waals surface area contributed by atoms with Crippen LogP contribution in [0.4, 0.5) is 18.0 Å². The molecule has 3 rings (SSSR count). The number of alkyl halides is 3. The van der Waals surface area contributed by atoms with Gasteiger partial charge < -0.3 is 17.2 Å². The van der Waals surface area contributed by atoms with Crippen molar-refractivity contribution in [3.05, 3.63) is 46.9 Å². The molecule has 0 bridgehead atoms. The van der Waals surface area contributed by atoms with Gasteiger partial charge in [-0.15, -0.1) is 0 Å². The third kappa shape index (κ3) is 8.21. The van der Waals surface area contributed by atoms with Crippen molar-refractivity contribution in [2.24, 2.45) is 27.2 Å². The van der Waals surface area contributed by atoms with Gasteiger partial charge in [0.25, 0.3) is 0 Å². The molecule has 2 aliphatic rings. The fourth-order valence-electron chi connectivity index (χ4n) is 3.13. The molecule has 168 valence electrons. The minimum Gasteiger partial charge on any atom is -0.398 e. The van der Waals surface area contributed by atoms with Gasteiger partial charge >= 0.3 is 12.2 Å². The first-order chi connectivity index (χ1) is 14.5. The number of amidine groups is 1. The standard InChI is InChI=1S/C14H16N6O.C6H10F3N/c1-8-6-9(2-4-18-8)13(16)10-3-5-19-12(7-11(10)15)20-14(17)21;7-6(8,9)5-10-3-1-2-4-10/h2,4-7H,3,15-16H2,1H3,(H2,17,21);1-5H2/b13-10-,20-12-;. The number of hydrogen-bond donors (Lipinski definition) is 3. The SMILES string of the molecule is Cc1cc(/C(N)=C2\CC=N/C(=N\C(N)=O)C=C2N)ccn1.FC(F)(F)CN1CCCC1. The number of aliphatic imine (C=N–C) groups is 2. The molecule has 31 heavy (non-hydrogen) atoms. The van der Waals surface area contributed by atoms with Gasteiger partial charge in [0.05, 0.1) is 6.54 Å². The minimum atomic E-state index is -4.01. The number of rotatable bonds is 2. The van der Waals surface area contributed by atoms with Gasteiger partial charge in [-0.25, -0.2) is 9.79 Å². The number of carbonyl (C=O) groups is 1. The summed E-state index contributed by atoms with van der Waals surface area (Å²) in [5.74, 6) is 0.161. The Morgan fingerprint density at radius 1 is 1.26 bits per heavy atom. The van der Waals surface area contributed by atoms with Crippen molar-refractivity contribution in [1.29, 1.82) is 0 Å². The van der Waals surface area contributed by atoms with Crippen molar-refractivity contribution in [3.8, 4) is 0 Å². The van der Waals surface area contributed by atoms with E-state index in [-0.39, 0.29) is 5.84 Å². The number of carbonyl (C=O) groups excluding carboxylic acids is 1. The Labute approximate surface area is 178 Å². The topological polar surface area (TPSA) is 136 Å².